The van der Waals surface area contributed by atoms with Gasteiger partial charge in [-0.05, 0) is 29.5 Å². The first kappa shape index (κ1) is 29.9. The smallest absolute Gasteiger partial charge is 0.305 e. The van der Waals surface area contributed by atoms with Crippen molar-refractivity contribution in [1.29, 1.82) is 0 Å². The van der Waals surface area contributed by atoms with Gasteiger partial charge in [-0.15, -0.1) is 0 Å². The SMILES string of the molecule is CO.COC(=O)CCC(=O)c1ccc(CO)cc1.COC(=O)CCCc1ccc(CO)cc1. The molecule has 0 aromatic heterocycles. The number of Topliss-reactive ketones (excluding diaryl/α,β-unsaturated/α-hetero) is 1. The molecule has 0 saturated heterocycles. The number of aliphatic hydroxyl groups excluding tert-OH is 3. The Kier molecular flexibility index (Phi) is 16.8. The molecule has 182 valence electrons. The number of carbonyl (C=O) groups is 3. The molecule has 0 radical (unpaired) electrons. The maximum atomic E-state index is 11.6. The molecule has 0 aliphatic rings. The maximum absolute atomic E-state index is 11.6. The van der Waals surface area contributed by atoms with Crippen molar-refractivity contribution in [3.8, 4) is 0 Å². The van der Waals surface area contributed by atoms with Crippen LogP contribution in [-0.2, 0) is 38.7 Å². The zero-order valence-electron chi connectivity index (χ0n) is 19.5. The lowest BCUT2D eigenvalue weighted by atomic mass is 10.1. The summed E-state index contributed by atoms with van der Waals surface area (Å²) in [5.41, 5.74) is 3.38. The molecule has 0 fully saturated rings. The molecule has 0 spiro atoms. The predicted octanol–water partition coefficient (Wildman–Crippen LogP) is 2.60. The molecule has 0 unspecified atom stereocenters. The normalized spacial score (nSPS) is 9.52. The molecule has 0 aliphatic carbocycles. The van der Waals surface area contributed by atoms with Gasteiger partial charge in [-0.2, -0.15) is 0 Å². The van der Waals surface area contributed by atoms with Crippen LogP contribution in [0.4, 0.5) is 0 Å². The Hall–Kier alpha value is -3.07. The van der Waals surface area contributed by atoms with Crippen LogP contribution in [0, 0.1) is 0 Å². The van der Waals surface area contributed by atoms with Gasteiger partial charge in [0.1, 0.15) is 0 Å². The van der Waals surface area contributed by atoms with Crippen molar-refractivity contribution in [3.63, 3.8) is 0 Å². The molecule has 0 saturated carbocycles. The van der Waals surface area contributed by atoms with Crippen LogP contribution in [0.3, 0.4) is 0 Å². The summed E-state index contributed by atoms with van der Waals surface area (Å²) in [4.78, 5) is 33.3. The van der Waals surface area contributed by atoms with E-state index in [2.05, 4.69) is 9.47 Å². The second-order valence-corrected chi connectivity index (χ2v) is 6.76. The van der Waals surface area contributed by atoms with Crippen molar-refractivity contribution in [2.24, 2.45) is 0 Å². The molecular weight excluding hydrogens is 428 g/mol. The number of ether oxygens (including phenoxy) is 2. The summed E-state index contributed by atoms with van der Waals surface area (Å²) < 4.78 is 9.00. The Bertz CT molecular complexity index is 813. The van der Waals surface area contributed by atoms with E-state index < -0.39 is 0 Å². The minimum atomic E-state index is -0.389. The fraction of sp³-hybridized carbons (Fsp3) is 0.400. The van der Waals surface area contributed by atoms with E-state index in [0.717, 1.165) is 31.1 Å². The Morgan fingerprint density at radius 3 is 1.55 bits per heavy atom. The molecular formula is C25H34O8. The van der Waals surface area contributed by atoms with Gasteiger partial charge in [-0.3, -0.25) is 14.4 Å². The van der Waals surface area contributed by atoms with Crippen molar-refractivity contribution in [3.05, 3.63) is 70.8 Å². The predicted molar refractivity (Wildman–Crippen MR) is 123 cm³/mol. The fourth-order valence-electron chi connectivity index (χ4n) is 2.61. The first-order valence-electron chi connectivity index (χ1n) is 10.4. The molecule has 0 amide bonds. The van der Waals surface area contributed by atoms with Crippen LogP contribution >= 0.6 is 0 Å². The van der Waals surface area contributed by atoms with E-state index in [-0.39, 0.29) is 43.8 Å². The van der Waals surface area contributed by atoms with E-state index >= 15 is 0 Å². The number of ketones is 1. The highest BCUT2D eigenvalue weighted by Crippen LogP contribution is 2.09. The molecule has 0 atom stereocenters. The van der Waals surface area contributed by atoms with Crippen molar-refractivity contribution in [1.82, 2.24) is 0 Å². The van der Waals surface area contributed by atoms with Gasteiger partial charge >= 0.3 is 11.9 Å². The van der Waals surface area contributed by atoms with E-state index in [1.54, 1.807) is 24.3 Å². The van der Waals surface area contributed by atoms with Gasteiger partial charge in [0.2, 0.25) is 0 Å². The zero-order chi connectivity index (χ0) is 25.1. The highest BCUT2D eigenvalue weighted by atomic mass is 16.5. The van der Waals surface area contributed by atoms with E-state index in [1.165, 1.54) is 19.8 Å². The Labute approximate surface area is 194 Å². The van der Waals surface area contributed by atoms with E-state index in [9.17, 15) is 14.4 Å². The Balaban J connectivity index is 0.000000578. The van der Waals surface area contributed by atoms with Crippen molar-refractivity contribution >= 4 is 17.7 Å². The first-order chi connectivity index (χ1) is 15.9. The first-order valence-corrected chi connectivity index (χ1v) is 10.4. The van der Waals surface area contributed by atoms with E-state index in [1.807, 2.05) is 24.3 Å². The number of carbonyl (C=O) groups excluding carboxylic acids is 3. The summed E-state index contributed by atoms with van der Waals surface area (Å²) in [6.45, 7) is 0.0269. The van der Waals surface area contributed by atoms with Crippen molar-refractivity contribution in [2.75, 3.05) is 21.3 Å². The van der Waals surface area contributed by atoms with Crippen LogP contribution in [0.25, 0.3) is 0 Å². The molecule has 8 heteroatoms. The van der Waals surface area contributed by atoms with E-state index in [0.29, 0.717) is 12.0 Å². The zero-order valence-corrected chi connectivity index (χ0v) is 19.5. The quantitative estimate of drug-likeness (QED) is 0.363. The number of methoxy groups -OCH3 is 2. The average Bonchev–Trinajstić information content (AvgIpc) is 2.88. The fourth-order valence-corrected chi connectivity index (χ4v) is 2.61. The molecule has 2 aromatic carbocycles. The number of hydrogen-bond donors (Lipinski definition) is 3. The van der Waals surface area contributed by atoms with Crippen LogP contribution in [-0.4, -0.2) is 54.4 Å². The molecule has 3 N–H and O–H groups in total. The van der Waals surface area contributed by atoms with Crippen LogP contribution in [0.2, 0.25) is 0 Å². The summed E-state index contributed by atoms with van der Waals surface area (Å²) in [6.07, 6.45) is 2.35. The summed E-state index contributed by atoms with van der Waals surface area (Å²) in [6, 6.07) is 14.4. The second-order valence-electron chi connectivity index (χ2n) is 6.76. The number of aryl methyl sites for hydroxylation is 1. The summed E-state index contributed by atoms with van der Waals surface area (Å²) in [7, 11) is 3.70. The average molecular weight is 463 g/mol. The Morgan fingerprint density at radius 2 is 1.09 bits per heavy atom. The van der Waals surface area contributed by atoms with Gasteiger partial charge in [-0.1, -0.05) is 48.5 Å². The van der Waals surface area contributed by atoms with E-state index in [4.69, 9.17) is 15.3 Å². The topological polar surface area (TPSA) is 130 Å². The minimum absolute atomic E-state index is 0.0450. The van der Waals surface area contributed by atoms with Crippen LogP contribution < -0.4 is 0 Å². The summed E-state index contributed by atoms with van der Waals surface area (Å²) >= 11 is 0. The lowest BCUT2D eigenvalue weighted by Crippen LogP contribution is -2.06. The number of hydrogen-bond acceptors (Lipinski definition) is 8. The molecule has 8 nitrogen and oxygen atoms in total. The van der Waals surface area contributed by atoms with Crippen LogP contribution in [0.5, 0.6) is 0 Å². The van der Waals surface area contributed by atoms with Crippen LogP contribution in [0.1, 0.15) is 52.7 Å². The standard InChI is InChI=1S/C12H14O4.C12H16O3.CH4O/c1-16-12(15)7-6-11(14)10-4-2-9(8-13)3-5-10;1-15-12(14)4-2-3-10-5-7-11(9-13)8-6-10;1-2/h2-5,13H,6-8H2,1H3;5-8,13H,2-4,9H2,1H3;2H,1H3. The molecule has 2 rings (SSSR count). The van der Waals surface area contributed by atoms with Crippen LogP contribution in [0.15, 0.2) is 48.5 Å². The van der Waals surface area contributed by atoms with Gasteiger partial charge in [0.15, 0.2) is 5.78 Å². The van der Waals surface area contributed by atoms with Crippen molar-refractivity contribution < 1.29 is 39.2 Å². The highest BCUT2D eigenvalue weighted by molar-refractivity contribution is 5.97. The molecule has 2 aromatic rings. The molecule has 0 aliphatic heterocycles. The lowest BCUT2D eigenvalue weighted by Gasteiger charge is -2.02. The largest absolute Gasteiger partial charge is 0.469 e. The molecule has 0 bridgehead atoms. The van der Waals surface area contributed by atoms with Gasteiger partial charge < -0.3 is 24.8 Å². The highest BCUT2D eigenvalue weighted by Gasteiger charge is 2.09. The van der Waals surface area contributed by atoms with Gasteiger partial charge in [0, 0.05) is 25.5 Å². The third kappa shape index (κ3) is 13.2. The molecule has 33 heavy (non-hydrogen) atoms. The van der Waals surface area contributed by atoms with Gasteiger partial charge in [0.05, 0.1) is 33.9 Å². The lowest BCUT2D eigenvalue weighted by molar-refractivity contribution is -0.141. The summed E-state index contributed by atoms with van der Waals surface area (Å²) in [5, 5.41) is 24.7. The Morgan fingerprint density at radius 1 is 0.667 bits per heavy atom. The minimum Gasteiger partial charge on any atom is -0.469 e. The monoisotopic (exact) mass is 462 g/mol. The third-order valence-corrected chi connectivity index (χ3v) is 4.52. The number of esters is 2. The van der Waals surface area contributed by atoms with Gasteiger partial charge in [-0.25, -0.2) is 0 Å². The summed E-state index contributed by atoms with van der Waals surface area (Å²) in [5.74, 6) is -0.655. The maximum Gasteiger partial charge on any atom is 0.305 e. The second kappa shape index (κ2) is 18.5. The molecule has 0 heterocycles. The van der Waals surface area contributed by atoms with Gasteiger partial charge in [0.25, 0.3) is 0 Å². The van der Waals surface area contributed by atoms with Crippen molar-refractivity contribution in [2.45, 2.75) is 45.3 Å². The number of benzene rings is 2. The third-order valence-electron chi connectivity index (χ3n) is 4.52. The number of rotatable bonds is 10. The number of aliphatic hydroxyl groups is 3.